The second-order valence-corrected chi connectivity index (χ2v) is 9.22. The quantitative estimate of drug-likeness (QED) is 0.766. The predicted octanol–water partition coefficient (Wildman–Crippen LogP) is 3.15. The second-order valence-electron chi connectivity index (χ2n) is 9.22. The van der Waals surface area contributed by atoms with Crippen molar-refractivity contribution in [1.29, 1.82) is 0 Å². The molecule has 0 spiro atoms. The molecule has 0 radical (unpaired) electrons. The van der Waals surface area contributed by atoms with Crippen molar-refractivity contribution in [1.82, 2.24) is 14.8 Å². The summed E-state index contributed by atoms with van der Waals surface area (Å²) in [5.74, 6) is 1.56. The van der Waals surface area contributed by atoms with Gasteiger partial charge in [-0.3, -0.25) is 9.59 Å². The summed E-state index contributed by atoms with van der Waals surface area (Å²) < 4.78 is 7.42. The molecule has 1 amide bonds. The predicted molar refractivity (Wildman–Crippen MR) is 127 cm³/mol. The highest BCUT2D eigenvalue weighted by atomic mass is 35.5. The highest BCUT2D eigenvalue weighted by Crippen LogP contribution is 2.42. The Labute approximate surface area is 195 Å². The summed E-state index contributed by atoms with van der Waals surface area (Å²) >= 11 is 0. The topological polar surface area (TPSA) is 63.6 Å². The summed E-state index contributed by atoms with van der Waals surface area (Å²) in [6, 6.07) is 13.7. The smallest absolute Gasteiger partial charge is 0.251 e. The Morgan fingerprint density at radius 1 is 1.16 bits per heavy atom. The molecule has 1 aromatic carbocycles. The first kappa shape index (κ1) is 22.9. The minimum absolute atomic E-state index is 0. The SMILES string of the molecule is COc1cccc(C[C@H]2[C@H]3C[C@H](CN(C(=O)[C@@H]4CCCCN4)C3)c3cccc(=O)n32)c1.Cl. The van der Waals surface area contributed by atoms with E-state index < -0.39 is 0 Å². The number of benzene rings is 1. The first-order valence-electron chi connectivity index (χ1n) is 11.5. The van der Waals surface area contributed by atoms with E-state index in [4.69, 9.17) is 4.74 Å². The lowest BCUT2D eigenvalue weighted by molar-refractivity contribution is -0.137. The van der Waals surface area contributed by atoms with Gasteiger partial charge in [0.1, 0.15) is 5.75 Å². The molecule has 5 rings (SSSR count). The van der Waals surface area contributed by atoms with Crippen molar-refractivity contribution in [2.24, 2.45) is 5.92 Å². The maximum absolute atomic E-state index is 13.3. The number of aromatic nitrogens is 1. The number of amides is 1. The van der Waals surface area contributed by atoms with Crippen LogP contribution in [0.15, 0.2) is 47.3 Å². The standard InChI is InChI=1S/C25H31N3O3.ClH/c1-31-20-7-4-6-17(12-20)13-23-19-14-18(22-9-5-10-24(29)28(22)23)15-27(16-19)25(30)21-8-2-3-11-26-21;/h4-7,9-10,12,18-19,21,23,26H,2-3,8,11,13-16H2,1H3;1H/t18-,19+,21+,23+;/m1./s1. The number of carbonyl (C=O) groups is 1. The third-order valence-corrected chi connectivity index (χ3v) is 7.30. The maximum atomic E-state index is 13.3. The van der Waals surface area contributed by atoms with E-state index in [2.05, 4.69) is 28.4 Å². The monoisotopic (exact) mass is 457 g/mol. The number of likely N-dealkylation sites (tertiary alicyclic amines) is 1. The van der Waals surface area contributed by atoms with Crippen molar-refractivity contribution >= 4 is 18.3 Å². The van der Waals surface area contributed by atoms with Gasteiger partial charge in [0.15, 0.2) is 0 Å². The van der Waals surface area contributed by atoms with Crippen molar-refractivity contribution in [3.63, 3.8) is 0 Å². The van der Waals surface area contributed by atoms with Crippen molar-refractivity contribution in [3.8, 4) is 5.75 Å². The van der Waals surface area contributed by atoms with E-state index in [0.717, 1.165) is 62.2 Å². The fourth-order valence-electron chi connectivity index (χ4n) is 5.81. The van der Waals surface area contributed by atoms with Gasteiger partial charge in [-0.05, 0) is 61.9 Å². The molecule has 0 unspecified atom stereocenters. The minimum atomic E-state index is -0.0534. The van der Waals surface area contributed by atoms with Crippen LogP contribution in [0.1, 0.15) is 48.9 Å². The summed E-state index contributed by atoms with van der Waals surface area (Å²) in [5.41, 5.74) is 2.29. The van der Waals surface area contributed by atoms with Crippen LogP contribution in [-0.4, -0.2) is 48.2 Å². The Bertz CT molecular complexity index is 1020. The Morgan fingerprint density at radius 2 is 2.00 bits per heavy atom. The van der Waals surface area contributed by atoms with Gasteiger partial charge >= 0.3 is 0 Å². The molecule has 2 fully saturated rings. The number of ether oxygens (including phenoxy) is 1. The van der Waals surface area contributed by atoms with Crippen LogP contribution >= 0.6 is 12.4 Å². The van der Waals surface area contributed by atoms with Crippen LogP contribution in [-0.2, 0) is 11.2 Å². The first-order valence-corrected chi connectivity index (χ1v) is 11.5. The van der Waals surface area contributed by atoms with E-state index in [1.807, 2.05) is 22.8 Å². The molecule has 4 heterocycles. The molecule has 0 saturated carbocycles. The van der Waals surface area contributed by atoms with Crippen molar-refractivity contribution in [2.45, 2.75) is 50.1 Å². The fourth-order valence-corrected chi connectivity index (χ4v) is 5.81. The number of carbonyl (C=O) groups excluding carboxylic acids is 1. The number of piperidine rings is 2. The summed E-state index contributed by atoms with van der Waals surface area (Å²) in [6.07, 6.45) is 4.97. The van der Waals surface area contributed by atoms with E-state index in [1.54, 1.807) is 13.2 Å². The number of nitrogens with zero attached hydrogens (tertiary/aromatic N) is 2. The van der Waals surface area contributed by atoms with E-state index in [-0.39, 0.29) is 47.8 Å². The van der Waals surface area contributed by atoms with Gasteiger partial charge in [0.25, 0.3) is 5.56 Å². The number of hydrogen-bond donors (Lipinski definition) is 1. The molecule has 1 aromatic heterocycles. The number of halogens is 1. The van der Waals surface area contributed by atoms with E-state index in [9.17, 15) is 9.59 Å². The number of fused-ring (bicyclic) bond motifs is 4. The zero-order valence-corrected chi connectivity index (χ0v) is 19.4. The number of rotatable bonds is 4. The van der Waals surface area contributed by atoms with Crippen LogP contribution < -0.4 is 15.6 Å². The van der Waals surface area contributed by atoms with Gasteiger partial charge in [0.2, 0.25) is 5.91 Å². The molecule has 2 saturated heterocycles. The second kappa shape index (κ2) is 9.67. The third-order valence-electron chi connectivity index (χ3n) is 7.30. The number of hydrogen-bond acceptors (Lipinski definition) is 4. The van der Waals surface area contributed by atoms with Crippen LogP contribution in [0.5, 0.6) is 5.75 Å². The van der Waals surface area contributed by atoms with Gasteiger partial charge in [-0.2, -0.15) is 0 Å². The molecule has 6 nitrogen and oxygen atoms in total. The molecule has 172 valence electrons. The van der Waals surface area contributed by atoms with Crippen LogP contribution in [0.3, 0.4) is 0 Å². The molecule has 3 aliphatic heterocycles. The first-order chi connectivity index (χ1) is 15.1. The Kier molecular flexibility index (Phi) is 6.91. The van der Waals surface area contributed by atoms with Gasteiger partial charge in [0.05, 0.1) is 13.2 Å². The van der Waals surface area contributed by atoms with Crippen LogP contribution in [0.2, 0.25) is 0 Å². The highest BCUT2D eigenvalue weighted by molar-refractivity contribution is 5.85. The molecular formula is C25H32ClN3O3. The van der Waals surface area contributed by atoms with Crippen molar-refractivity contribution < 1.29 is 9.53 Å². The minimum Gasteiger partial charge on any atom is -0.497 e. The largest absolute Gasteiger partial charge is 0.497 e. The number of pyridine rings is 1. The molecule has 0 aliphatic carbocycles. The zero-order chi connectivity index (χ0) is 21.4. The average molecular weight is 458 g/mol. The summed E-state index contributed by atoms with van der Waals surface area (Å²) in [7, 11) is 1.67. The number of methoxy groups -OCH3 is 1. The molecule has 4 atom stereocenters. The maximum Gasteiger partial charge on any atom is 0.251 e. The fraction of sp³-hybridized carbons (Fsp3) is 0.520. The highest BCUT2D eigenvalue weighted by Gasteiger charge is 2.42. The molecule has 7 heteroatoms. The Hall–Kier alpha value is -2.31. The Morgan fingerprint density at radius 3 is 2.78 bits per heavy atom. The average Bonchev–Trinajstić information content (AvgIpc) is 2.82. The van der Waals surface area contributed by atoms with Gasteiger partial charge < -0.3 is 19.5 Å². The lowest BCUT2D eigenvalue weighted by Crippen LogP contribution is -2.56. The Balaban J connectivity index is 0.00000245. The van der Waals surface area contributed by atoms with E-state index in [0.29, 0.717) is 6.54 Å². The van der Waals surface area contributed by atoms with Gasteiger partial charge in [-0.15, -0.1) is 12.4 Å². The molecule has 3 aliphatic rings. The number of nitrogens with one attached hydrogen (secondary N) is 1. The summed E-state index contributed by atoms with van der Waals surface area (Å²) in [4.78, 5) is 28.3. The molecule has 1 N–H and O–H groups in total. The molecule has 32 heavy (non-hydrogen) atoms. The van der Waals surface area contributed by atoms with E-state index >= 15 is 0 Å². The van der Waals surface area contributed by atoms with Gasteiger partial charge in [-0.1, -0.05) is 24.6 Å². The third kappa shape index (κ3) is 4.30. The van der Waals surface area contributed by atoms with Crippen LogP contribution in [0, 0.1) is 5.92 Å². The van der Waals surface area contributed by atoms with Crippen LogP contribution in [0.4, 0.5) is 0 Å². The molecular weight excluding hydrogens is 426 g/mol. The van der Waals surface area contributed by atoms with Crippen molar-refractivity contribution in [2.75, 3.05) is 26.7 Å². The van der Waals surface area contributed by atoms with Gasteiger partial charge in [0, 0.05) is 36.8 Å². The zero-order valence-electron chi connectivity index (χ0n) is 18.5. The van der Waals surface area contributed by atoms with Crippen molar-refractivity contribution in [3.05, 3.63) is 64.1 Å². The molecule has 2 aromatic rings. The van der Waals surface area contributed by atoms with E-state index in [1.165, 1.54) is 0 Å². The normalized spacial score (nSPS) is 26.6. The molecule has 2 bridgehead atoms. The summed E-state index contributed by atoms with van der Waals surface area (Å²) in [5, 5.41) is 3.41. The summed E-state index contributed by atoms with van der Waals surface area (Å²) in [6.45, 7) is 2.36. The van der Waals surface area contributed by atoms with Crippen LogP contribution in [0.25, 0.3) is 0 Å². The lowest BCUT2D eigenvalue weighted by Gasteiger charge is -2.48. The van der Waals surface area contributed by atoms with Gasteiger partial charge in [-0.25, -0.2) is 0 Å². The lowest BCUT2D eigenvalue weighted by atomic mass is 9.76.